The molecule has 1 heterocycles. The molecule has 1 saturated heterocycles. The van der Waals surface area contributed by atoms with Gasteiger partial charge in [0, 0.05) is 30.6 Å². The molecule has 0 unspecified atom stereocenters. The van der Waals surface area contributed by atoms with Crippen molar-refractivity contribution in [3.63, 3.8) is 0 Å². The highest BCUT2D eigenvalue weighted by Crippen LogP contribution is 2.26. The Morgan fingerprint density at radius 1 is 0.923 bits per heavy atom. The smallest absolute Gasteiger partial charge is 0.292 e. The number of nitrogens with one attached hydrogen (secondary N) is 1. The zero-order valence-electron chi connectivity index (χ0n) is 15.5. The molecule has 1 aromatic rings. The van der Waals surface area contributed by atoms with E-state index >= 15 is 0 Å². The number of nitrogens with zero attached hydrogens (tertiary/aromatic N) is 1. The van der Waals surface area contributed by atoms with Crippen LogP contribution in [0.3, 0.4) is 0 Å². The maximum absolute atomic E-state index is 12.6. The number of aryl methyl sites for hydroxylation is 1. The maximum Gasteiger partial charge on any atom is 0.292 e. The Morgan fingerprint density at radius 2 is 1.54 bits per heavy atom. The molecule has 0 radical (unpaired) electrons. The van der Waals surface area contributed by atoms with Gasteiger partial charge in [-0.3, -0.25) is 14.4 Å². The van der Waals surface area contributed by atoms with E-state index in [9.17, 15) is 14.4 Å². The molecular formula is C21H28N2O3. The lowest BCUT2D eigenvalue weighted by Gasteiger charge is -2.35. The third kappa shape index (κ3) is 4.51. The highest BCUT2D eigenvalue weighted by molar-refractivity contribution is 6.42. The Labute approximate surface area is 155 Å². The first-order valence-corrected chi connectivity index (χ1v) is 9.75. The van der Waals surface area contributed by atoms with Crippen molar-refractivity contribution >= 4 is 17.6 Å². The van der Waals surface area contributed by atoms with E-state index in [1.54, 1.807) is 12.1 Å². The Hall–Kier alpha value is -2.17. The van der Waals surface area contributed by atoms with Crippen LogP contribution in [0.25, 0.3) is 0 Å². The Balaban J connectivity index is 1.47. The van der Waals surface area contributed by atoms with E-state index in [1.807, 2.05) is 24.0 Å². The van der Waals surface area contributed by atoms with Crippen LogP contribution >= 0.6 is 0 Å². The van der Waals surface area contributed by atoms with E-state index in [4.69, 9.17) is 0 Å². The molecule has 2 aliphatic rings. The second kappa shape index (κ2) is 8.47. The average Bonchev–Trinajstić information content (AvgIpc) is 2.68. The van der Waals surface area contributed by atoms with E-state index < -0.39 is 11.7 Å². The molecule has 2 fully saturated rings. The molecule has 5 heteroatoms. The monoisotopic (exact) mass is 356 g/mol. The minimum Gasteiger partial charge on any atom is -0.346 e. The van der Waals surface area contributed by atoms with Crippen LogP contribution in [0, 0.1) is 12.8 Å². The SMILES string of the molecule is Cc1ccc(C(=O)C(=O)NC2CCN(C(=O)C3CCCCC3)CC2)cc1. The first kappa shape index (κ1) is 18.6. The highest BCUT2D eigenvalue weighted by atomic mass is 16.2. The van der Waals surface area contributed by atoms with Gasteiger partial charge in [0.1, 0.15) is 0 Å². The number of rotatable bonds is 4. The van der Waals surface area contributed by atoms with Gasteiger partial charge < -0.3 is 10.2 Å². The molecule has 1 aliphatic heterocycles. The number of amides is 2. The van der Waals surface area contributed by atoms with Gasteiger partial charge in [0.15, 0.2) is 0 Å². The molecular weight excluding hydrogens is 328 g/mol. The fourth-order valence-corrected chi connectivity index (χ4v) is 3.94. The quantitative estimate of drug-likeness (QED) is 0.666. The largest absolute Gasteiger partial charge is 0.346 e. The third-order valence-corrected chi connectivity index (χ3v) is 5.62. The lowest BCUT2D eigenvalue weighted by Crippen LogP contribution is -2.49. The van der Waals surface area contributed by atoms with Crippen molar-refractivity contribution < 1.29 is 14.4 Å². The summed E-state index contributed by atoms with van der Waals surface area (Å²) in [6, 6.07) is 6.99. The summed E-state index contributed by atoms with van der Waals surface area (Å²) in [6.07, 6.45) is 7.01. The lowest BCUT2D eigenvalue weighted by atomic mass is 9.87. The zero-order valence-corrected chi connectivity index (χ0v) is 15.5. The first-order valence-electron chi connectivity index (χ1n) is 9.75. The molecule has 3 rings (SSSR count). The summed E-state index contributed by atoms with van der Waals surface area (Å²) in [7, 11) is 0. The molecule has 140 valence electrons. The van der Waals surface area contributed by atoms with Gasteiger partial charge in [-0.05, 0) is 32.6 Å². The molecule has 1 aliphatic carbocycles. The fourth-order valence-electron chi connectivity index (χ4n) is 3.94. The number of piperidine rings is 1. The van der Waals surface area contributed by atoms with Gasteiger partial charge in [0.2, 0.25) is 11.7 Å². The van der Waals surface area contributed by atoms with Crippen LogP contribution in [-0.2, 0) is 9.59 Å². The standard InChI is InChI=1S/C21H28N2O3/c1-15-7-9-16(10-8-15)19(24)20(25)22-18-11-13-23(14-12-18)21(26)17-5-3-2-4-6-17/h7-10,17-18H,2-6,11-14H2,1H3,(H,22,25). The summed E-state index contributed by atoms with van der Waals surface area (Å²) in [5, 5.41) is 2.84. The molecule has 0 bridgehead atoms. The van der Waals surface area contributed by atoms with E-state index in [0.29, 0.717) is 31.5 Å². The van der Waals surface area contributed by atoms with Crippen molar-refractivity contribution in [1.82, 2.24) is 10.2 Å². The van der Waals surface area contributed by atoms with Gasteiger partial charge in [-0.15, -0.1) is 0 Å². The maximum atomic E-state index is 12.6. The van der Waals surface area contributed by atoms with E-state index in [1.165, 1.54) is 6.42 Å². The number of carbonyl (C=O) groups excluding carboxylic acids is 3. The minimum atomic E-state index is -0.550. The molecule has 0 spiro atoms. The van der Waals surface area contributed by atoms with E-state index in [-0.39, 0.29) is 17.9 Å². The summed E-state index contributed by atoms with van der Waals surface area (Å²) < 4.78 is 0. The van der Waals surface area contributed by atoms with Crippen LogP contribution in [0.4, 0.5) is 0 Å². The summed E-state index contributed by atoms with van der Waals surface area (Å²) in [6.45, 7) is 3.27. The van der Waals surface area contributed by atoms with Gasteiger partial charge in [-0.1, -0.05) is 49.1 Å². The second-order valence-electron chi connectivity index (χ2n) is 7.60. The Kier molecular flexibility index (Phi) is 6.07. The van der Waals surface area contributed by atoms with E-state index in [0.717, 1.165) is 31.2 Å². The summed E-state index contributed by atoms with van der Waals surface area (Å²) in [5.74, 6) is -0.570. The van der Waals surface area contributed by atoms with Crippen molar-refractivity contribution in [3.8, 4) is 0 Å². The summed E-state index contributed by atoms with van der Waals surface area (Å²) >= 11 is 0. The zero-order chi connectivity index (χ0) is 18.5. The molecule has 2 amide bonds. The molecule has 5 nitrogen and oxygen atoms in total. The van der Waals surface area contributed by atoms with Gasteiger partial charge in [-0.2, -0.15) is 0 Å². The number of hydrogen-bond acceptors (Lipinski definition) is 3. The van der Waals surface area contributed by atoms with Crippen LogP contribution in [0.2, 0.25) is 0 Å². The first-order chi connectivity index (χ1) is 12.5. The summed E-state index contributed by atoms with van der Waals surface area (Å²) in [5.41, 5.74) is 1.47. The molecule has 26 heavy (non-hydrogen) atoms. The normalized spacial score (nSPS) is 19.2. The van der Waals surface area contributed by atoms with Crippen LogP contribution in [0.15, 0.2) is 24.3 Å². The Bertz CT molecular complexity index is 654. The van der Waals surface area contributed by atoms with Crippen molar-refractivity contribution in [2.24, 2.45) is 5.92 Å². The van der Waals surface area contributed by atoms with Crippen molar-refractivity contribution in [3.05, 3.63) is 35.4 Å². The van der Waals surface area contributed by atoms with Crippen LogP contribution in [0.1, 0.15) is 60.9 Å². The van der Waals surface area contributed by atoms with Crippen LogP contribution < -0.4 is 5.32 Å². The minimum absolute atomic E-state index is 0.0349. The molecule has 1 N–H and O–H groups in total. The average molecular weight is 356 g/mol. The molecule has 1 saturated carbocycles. The van der Waals surface area contributed by atoms with Crippen molar-refractivity contribution in [1.29, 1.82) is 0 Å². The Morgan fingerprint density at radius 3 is 2.15 bits per heavy atom. The number of likely N-dealkylation sites (tertiary alicyclic amines) is 1. The number of benzene rings is 1. The predicted molar refractivity (Wildman–Crippen MR) is 99.8 cm³/mol. The molecule has 1 aromatic carbocycles. The second-order valence-corrected chi connectivity index (χ2v) is 7.60. The van der Waals surface area contributed by atoms with Crippen molar-refractivity contribution in [2.75, 3.05) is 13.1 Å². The van der Waals surface area contributed by atoms with Crippen molar-refractivity contribution in [2.45, 2.75) is 57.9 Å². The van der Waals surface area contributed by atoms with Crippen LogP contribution in [0.5, 0.6) is 0 Å². The van der Waals surface area contributed by atoms with E-state index in [2.05, 4.69) is 5.32 Å². The van der Waals surface area contributed by atoms with Crippen LogP contribution in [-0.4, -0.2) is 41.6 Å². The molecule has 0 aromatic heterocycles. The third-order valence-electron chi connectivity index (χ3n) is 5.62. The lowest BCUT2D eigenvalue weighted by molar-refractivity contribution is -0.137. The number of carbonyl (C=O) groups is 3. The topological polar surface area (TPSA) is 66.5 Å². The fraction of sp³-hybridized carbons (Fsp3) is 0.571. The van der Waals surface area contributed by atoms with Gasteiger partial charge in [0.25, 0.3) is 5.91 Å². The number of Topliss-reactive ketones (excluding diaryl/α,β-unsaturated/α-hetero) is 1. The predicted octanol–water partition coefficient (Wildman–Crippen LogP) is 2.87. The van der Waals surface area contributed by atoms with Gasteiger partial charge in [-0.25, -0.2) is 0 Å². The number of ketones is 1. The van der Waals surface area contributed by atoms with Gasteiger partial charge >= 0.3 is 0 Å². The van der Waals surface area contributed by atoms with Gasteiger partial charge in [0.05, 0.1) is 0 Å². The summed E-state index contributed by atoms with van der Waals surface area (Å²) in [4.78, 5) is 39.0. The highest BCUT2D eigenvalue weighted by Gasteiger charge is 2.30. The number of hydrogen-bond donors (Lipinski definition) is 1. The molecule has 0 atom stereocenters.